The summed E-state index contributed by atoms with van der Waals surface area (Å²) in [5.74, 6) is -4.29. The van der Waals surface area contributed by atoms with Gasteiger partial charge in [-0.1, -0.05) is 23.2 Å². The molecule has 0 aliphatic heterocycles. The first-order valence-corrected chi connectivity index (χ1v) is 13.0. The monoisotopic (exact) mass is 743 g/mol. The van der Waals surface area contributed by atoms with Crippen LogP contribution in [0.5, 0.6) is 23.0 Å². The zero-order valence-corrected chi connectivity index (χ0v) is 27.4. The Morgan fingerprint density at radius 2 is 0.918 bits per heavy atom. The summed E-state index contributed by atoms with van der Waals surface area (Å²) in [4.78, 5) is 41.5. The molecule has 0 aliphatic carbocycles. The molecule has 0 aromatic heterocycles. The third-order valence-electron chi connectivity index (χ3n) is 5.74. The second-order valence-corrected chi connectivity index (χ2v) is 9.75. The molecule has 0 radical (unpaired) electrons. The first-order chi connectivity index (χ1) is 22.2. The number of alkyl halides is 6. The fourth-order valence-electron chi connectivity index (χ4n) is 3.58. The normalized spacial score (nSPS) is 10.9. The van der Waals surface area contributed by atoms with Gasteiger partial charge >= 0.3 is 41.9 Å². The van der Waals surface area contributed by atoms with E-state index < -0.39 is 67.8 Å². The number of nitro groups is 2. The predicted octanol–water partition coefficient (Wildman–Crippen LogP) is 3.85. The summed E-state index contributed by atoms with van der Waals surface area (Å²) >= 11 is 11.4. The molecule has 0 heterocycles. The van der Waals surface area contributed by atoms with E-state index in [1.807, 2.05) is 0 Å². The molecular formula is C28H12Cl2F6N2NaO10-. The van der Waals surface area contributed by atoms with Crippen LogP contribution in [-0.2, 0) is 12.4 Å². The van der Waals surface area contributed by atoms with Gasteiger partial charge in [-0.3, -0.25) is 20.2 Å². The summed E-state index contributed by atoms with van der Waals surface area (Å²) in [7, 11) is 0. The maximum atomic E-state index is 12.6. The Balaban J connectivity index is 0.000000333. The van der Waals surface area contributed by atoms with Crippen LogP contribution in [0.15, 0.2) is 72.8 Å². The number of carboxylic acid groups (broad SMARTS) is 2. The number of nitrogens with zero attached hydrogens (tertiary/aromatic N) is 2. The Morgan fingerprint density at radius 3 is 1.16 bits per heavy atom. The van der Waals surface area contributed by atoms with Gasteiger partial charge in [0.25, 0.3) is 11.4 Å². The van der Waals surface area contributed by atoms with Crippen molar-refractivity contribution in [3.63, 3.8) is 0 Å². The van der Waals surface area contributed by atoms with Crippen molar-refractivity contribution in [2.75, 3.05) is 0 Å². The van der Waals surface area contributed by atoms with Crippen LogP contribution in [0.1, 0.15) is 31.8 Å². The maximum Gasteiger partial charge on any atom is 1.00 e. The van der Waals surface area contributed by atoms with Gasteiger partial charge in [0.1, 0.15) is 23.0 Å². The molecule has 0 saturated carbocycles. The van der Waals surface area contributed by atoms with Crippen molar-refractivity contribution in [2.45, 2.75) is 12.4 Å². The Morgan fingerprint density at radius 1 is 0.592 bits per heavy atom. The Labute approximate surface area is 301 Å². The molecule has 0 spiro atoms. The van der Waals surface area contributed by atoms with E-state index in [0.717, 1.165) is 60.7 Å². The summed E-state index contributed by atoms with van der Waals surface area (Å²) in [5.41, 5.74) is -4.86. The van der Waals surface area contributed by atoms with Gasteiger partial charge in [-0.2, -0.15) is 26.3 Å². The molecule has 0 fully saturated rings. The summed E-state index contributed by atoms with van der Waals surface area (Å²) < 4.78 is 85.7. The topological polar surface area (TPSA) is 185 Å². The number of nitro benzene ring substituents is 2. The van der Waals surface area contributed by atoms with Gasteiger partial charge in [0.05, 0.1) is 54.1 Å². The minimum atomic E-state index is -4.59. The standard InChI is InChI=1S/2C14H7ClF3NO5.Na/c2*15-10-5-7(14(16,17)18)1-4-12(10)24-8-2-3-11(19(22)23)9(6-8)13(20)21;/h2*1-6H,(H,20,21);/q;;+1/p-2. The molecule has 12 nitrogen and oxygen atoms in total. The van der Waals surface area contributed by atoms with Gasteiger partial charge in [-0.25, -0.2) is 0 Å². The fraction of sp³-hybridized carbons (Fsp3) is 0.0714. The number of rotatable bonds is 8. The molecule has 252 valence electrons. The number of hydrogen-bond acceptors (Lipinski definition) is 10. The largest absolute Gasteiger partial charge is 1.00 e. The first-order valence-electron chi connectivity index (χ1n) is 12.3. The van der Waals surface area contributed by atoms with Crippen molar-refractivity contribution >= 4 is 46.5 Å². The Kier molecular flexibility index (Phi) is 13.4. The van der Waals surface area contributed by atoms with Crippen LogP contribution in [0.3, 0.4) is 0 Å². The first kappa shape index (κ1) is 40.6. The van der Waals surface area contributed by atoms with Gasteiger partial charge in [-0.15, -0.1) is 0 Å². The predicted molar refractivity (Wildman–Crippen MR) is 148 cm³/mol. The molecule has 49 heavy (non-hydrogen) atoms. The maximum absolute atomic E-state index is 12.6. The van der Waals surface area contributed by atoms with E-state index in [-0.39, 0.29) is 62.6 Å². The van der Waals surface area contributed by atoms with Gasteiger partial charge in [-0.05, 0) is 60.7 Å². The van der Waals surface area contributed by atoms with E-state index in [9.17, 15) is 66.4 Å². The number of ether oxygens (including phenoxy) is 2. The third kappa shape index (κ3) is 10.7. The van der Waals surface area contributed by atoms with Gasteiger partial charge < -0.3 is 29.3 Å². The quantitative estimate of drug-likeness (QED) is 0.111. The third-order valence-corrected chi connectivity index (χ3v) is 6.33. The minimum Gasteiger partial charge on any atom is -0.545 e. The van der Waals surface area contributed by atoms with E-state index in [2.05, 4.69) is 0 Å². The number of benzene rings is 4. The summed E-state index contributed by atoms with van der Waals surface area (Å²) in [6, 6.07) is 10.2. The Hall–Kier alpha value is -4.62. The molecule has 0 aliphatic rings. The van der Waals surface area contributed by atoms with Crippen molar-refractivity contribution < 1.29 is 95.0 Å². The van der Waals surface area contributed by atoms with Gasteiger partial charge in [0.2, 0.25) is 0 Å². The van der Waals surface area contributed by atoms with Crippen molar-refractivity contribution in [1.82, 2.24) is 0 Å². The average Bonchev–Trinajstić information content (AvgIpc) is 2.98. The average molecular weight is 744 g/mol. The second kappa shape index (κ2) is 16.2. The second-order valence-electron chi connectivity index (χ2n) is 8.94. The van der Waals surface area contributed by atoms with E-state index in [1.165, 1.54) is 0 Å². The molecule has 0 amide bonds. The summed E-state index contributed by atoms with van der Waals surface area (Å²) in [6.07, 6.45) is -9.17. The minimum absolute atomic E-state index is 0. The molecule has 0 unspecified atom stereocenters. The Bertz CT molecular complexity index is 1790. The summed E-state index contributed by atoms with van der Waals surface area (Å²) in [6.45, 7) is 0. The molecular weight excluding hydrogens is 732 g/mol. The van der Waals surface area contributed by atoms with Crippen LogP contribution < -0.4 is 49.2 Å². The van der Waals surface area contributed by atoms with E-state index in [4.69, 9.17) is 32.7 Å². The number of carboxylic acids is 2. The molecule has 0 atom stereocenters. The van der Waals surface area contributed by atoms with Crippen molar-refractivity contribution in [1.29, 1.82) is 0 Å². The molecule has 4 aromatic rings. The van der Waals surface area contributed by atoms with Crippen LogP contribution in [-0.4, -0.2) is 21.8 Å². The number of halogens is 8. The van der Waals surface area contributed by atoms with Crippen LogP contribution in [0.2, 0.25) is 10.0 Å². The van der Waals surface area contributed by atoms with Crippen LogP contribution in [0.25, 0.3) is 0 Å². The smallest absolute Gasteiger partial charge is 0.545 e. The number of carbonyl (C=O) groups excluding carboxylic acids is 2. The zero-order valence-electron chi connectivity index (χ0n) is 23.9. The van der Waals surface area contributed by atoms with Gasteiger partial charge in [0.15, 0.2) is 0 Å². The SMILES string of the molecule is O=C([O-])c1cc(Oc2ccc(C(F)(F)F)cc2Cl)ccc1[N+](=O)[O-].O=C([O-])c1cc(Oc2ccc(C(F)(F)F)cc2Cl)ccc1[N+](=O)[O-].[Na+]. The van der Waals surface area contributed by atoms with E-state index in [0.29, 0.717) is 12.1 Å². The molecule has 0 N–H and O–H groups in total. The number of hydrogen-bond donors (Lipinski definition) is 0. The molecule has 4 rings (SSSR count). The molecule has 21 heteroatoms. The van der Waals surface area contributed by atoms with Crippen molar-refractivity contribution in [3.05, 3.63) is 125 Å². The number of carbonyl (C=O) groups is 2. The fourth-order valence-corrected chi connectivity index (χ4v) is 4.01. The molecule has 4 aromatic carbocycles. The van der Waals surface area contributed by atoms with Crippen LogP contribution in [0, 0.1) is 20.2 Å². The molecule has 0 bridgehead atoms. The number of aromatic carboxylic acids is 2. The van der Waals surface area contributed by atoms with Gasteiger partial charge in [0, 0.05) is 12.1 Å². The zero-order chi connectivity index (χ0) is 36.1. The summed E-state index contributed by atoms with van der Waals surface area (Å²) in [5, 5.41) is 42.6. The van der Waals surface area contributed by atoms with Crippen molar-refractivity contribution in [2.24, 2.45) is 0 Å². The van der Waals surface area contributed by atoms with E-state index in [1.54, 1.807) is 0 Å². The van der Waals surface area contributed by atoms with Crippen LogP contribution >= 0.6 is 23.2 Å². The van der Waals surface area contributed by atoms with Crippen LogP contribution in [0.4, 0.5) is 37.7 Å². The van der Waals surface area contributed by atoms with Crippen molar-refractivity contribution in [3.8, 4) is 23.0 Å². The molecule has 0 saturated heterocycles. The van der Waals surface area contributed by atoms with E-state index >= 15 is 0 Å².